The Morgan fingerprint density at radius 1 is 1.27 bits per heavy atom. The Morgan fingerprint density at radius 2 is 1.87 bits per heavy atom. The van der Waals surface area contributed by atoms with Gasteiger partial charge in [0.15, 0.2) is 5.96 Å². The van der Waals surface area contributed by atoms with E-state index in [0.717, 1.165) is 10.8 Å². The van der Waals surface area contributed by atoms with E-state index < -0.39 is 0 Å². The molecule has 3 nitrogen and oxygen atoms in total. The maximum Gasteiger partial charge on any atom is 0.185 e. The second kappa shape index (κ2) is 8.06. The SMILES string of the molecule is I.NC(N)=NCCSc1ccc(Cl)cc1. The summed E-state index contributed by atoms with van der Waals surface area (Å²) >= 11 is 7.44. The number of nitrogens with two attached hydrogens (primary N) is 2. The second-order valence-corrected chi connectivity index (χ2v) is 4.21. The van der Waals surface area contributed by atoms with E-state index in [9.17, 15) is 0 Å². The lowest BCUT2D eigenvalue weighted by Gasteiger charge is -1.99. The number of nitrogens with zero attached hydrogens (tertiary/aromatic N) is 1. The van der Waals surface area contributed by atoms with Crippen molar-refractivity contribution in [2.45, 2.75) is 4.90 Å². The monoisotopic (exact) mass is 357 g/mol. The molecular formula is C9H13ClIN3S. The fraction of sp³-hybridized carbons (Fsp3) is 0.222. The molecule has 6 heteroatoms. The van der Waals surface area contributed by atoms with Gasteiger partial charge in [0.2, 0.25) is 0 Å². The molecule has 0 aliphatic carbocycles. The maximum atomic E-state index is 5.75. The lowest BCUT2D eigenvalue weighted by Crippen LogP contribution is -2.23. The zero-order valence-electron chi connectivity index (χ0n) is 8.02. The van der Waals surface area contributed by atoms with Gasteiger partial charge >= 0.3 is 0 Å². The first-order chi connectivity index (χ1) is 6.68. The van der Waals surface area contributed by atoms with Crippen molar-refractivity contribution in [1.29, 1.82) is 0 Å². The first-order valence-electron chi connectivity index (χ1n) is 4.12. The van der Waals surface area contributed by atoms with Crippen LogP contribution < -0.4 is 11.5 Å². The van der Waals surface area contributed by atoms with Crippen LogP contribution in [0.15, 0.2) is 34.2 Å². The van der Waals surface area contributed by atoms with Crippen LogP contribution in [0.2, 0.25) is 5.02 Å². The highest BCUT2D eigenvalue weighted by Crippen LogP contribution is 2.19. The van der Waals surface area contributed by atoms with E-state index >= 15 is 0 Å². The van der Waals surface area contributed by atoms with E-state index in [0.29, 0.717) is 6.54 Å². The third-order valence-electron chi connectivity index (χ3n) is 1.47. The van der Waals surface area contributed by atoms with Crippen LogP contribution in [0, 0.1) is 0 Å². The van der Waals surface area contributed by atoms with Gasteiger partial charge in [-0.2, -0.15) is 0 Å². The van der Waals surface area contributed by atoms with E-state index in [4.69, 9.17) is 23.1 Å². The number of rotatable bonds is 4. The smallest absolute Gasteiger partial charge is 0.185 e. The van der Waals surface area contributed by atoms with Crippen LogP contribution >= 0.6 is 47.3 Å². The van der Waals surface area contributed by atoms with Crippen molar-refractivity contribution in [1.82, 2.24) is 0 Å². The average Bonchev–Trinajstić information content (AvgIpc) is 2.15. The van der Waals surface area contributed by atoms with Gasteiger partial charge in [0, 0.05) is 15.7 Å². The Morgan fingerprint density at radius 3 is 2.40 bits per heavy atom. The van der Waals surface area contributed by atoms with E-state index in [1.165, 1.54) is 4.90 Å². The first kappa shape index (κ1) is 14.9. The summed E-state index contributed by atoms with van der Waals surface area (Å²) in [6.45, 7) is 0.635. The molecule has 0 saturated heterocycles. The lowest BCUT2D eigenvalue weighted by molar-refractivity contribution is 1.12. The minimum Gasteiger partial charge on any atom is -0.370 e. The summed E-state index contributed by atoms with van der Waals surface area (Å²) < 4.78 is 0. The highest BCUT2D eigenvalue weighted by molar-refractivity contribution is 14.0. The molecule has 84 valence electrons. The zero-order valence-corrected chi connectivity index (χ0v) is 11.9. The number of hydrogen-bond donors (Lipinski definition) is 2. The van der Waals surface area contributed by atoms with Crippen molar-refractivity contribution in [2.75, 3.05) is 12.3 Å². The van der Waals surface area contributed by atoms with Crippen molar-refractivity contribution in [3.05, 3.63) is 29.3 Å². The molecule has 0 aromatic heterocycles. The van der Waals surface area contributed by atoms with E-state index in [1.807, 2.05) is 24.3 Å². The van der Waals surface area contributed by atoms with Crippen LogP contribution in [0.5, 0.6) is 0 Å². The van der Waals surface area contributed by atoms with Crippen LogP contribution in [0.4, 0.5) is 0 Å². The van der Waals surface area contributed by atoms with Crippen LogP contribution in [-0.4, -0.2) is 18.3 Å². The summed E-state index contributed by atoms with van der Waals surface area (Å²) in [6, 6.07) is 7.68. The molecule has 15 heavy (non-hydrogen) atoms. The van der Waals surface area contributed by atoms with Gasteiger partial charge in [-0.15, -0.1) is 35.7 Å². The molecule has 0 aliphatic rings. The van der Waals surface area contributed by atoms with Crippen molar-refractivity contribution >= 4 is 53.3 Å². The largest absolute Gasteiger partial charge is 0.370 e. The molecule has 0 fully saturated rings. The maximum absolute atomic E-state index is 5.75. The summed E-state index contributed by atoms with van der Waals surface area (Å²) in [4.78, 5) is 5.05. The Bertz CT molecular complexity index is 312. The fourth-order valence-corrected chi connectivity index (χ4v) is 1.74. The molecule has 0 amide bonds. The van der Waals surface area contributed by atoms with Crippen LogP contribution in [-0.2, 0) is 0 Å². The van der Waals surface area contributed by atoms with Gasteiger partial charge in [0.05, 0.1) is 6.54 Å². The van der Waals surface area contributed by atoms with Gasteiger partial charge in [0.25, 0.3) is 0 Å². The minimum absolute atomic E-state index is 0. The number of thioether (sulfide) groups is 1. The highest BCUT2D eigenvalue weighted by atomic mass is 127. The van der Waals surface area contributed by atoms with Crippen LogP contribution in [0.3, 0.4) is 0 Å². The molecule has 1 rings (SSSR count). The highest BCUT2D eigenvalue weighted by Gasteiger charge is 1.93. The molecule has 1 aromatic rings. The van der Waals surface area contributed by atoms with Crippen molar-refractivity contribution in [3.63, 3.8) is 0 Å². The van der Waals surface area contributed by atoms with Gasteiger partial charge < -0.3 is 11.5 Å². The molecule has 0 radical (unpaired) electrons. The summed E-state index contributed by atoms with van der Waals surface area (Å²) in [5.41, 5.74) is 10.4. The number of guanidine groups is 1. The Labute approximate surface area is 116 Å². The number of benzene rings is 1. The summed E-state index contributed by atoms with van der Waals surface area (Å²) in [6.07, 6.45) is 0. The van der Waals surface area contributed by atoms with E-state index in [2.05, 4.69) is 4.99 Å². The molecule has 0 spiro atoms. The topological polar surface area (TPSA) is 64.4 Å². The number of aliphatic imine (C=N–C) groups is 1. The number of hydrogen-bond acceptors (Lipinski definition) is 2. The fourth-order valence-electron chi connectivity index (χ4n) is 0.869. The molecule has 1 aromatic carbocycles. The quantitative estimate of drug-likeness (QED) is 0.286. The minimum atomic E-state index is 0. The first-order valence-corrected chi connectivity index (χ1v) is 5.48. The molecule has 0 unspecified atom stereocenters. The second-order valence-electron chi connectivity index (χ2n) is 2.61. The Balaban J connectivity index is 0.00000196. The normalized spacial score (nSPS) is 9.13. The molecule has 4 N–H and O–H groups in total. The van der Waals surface area contributed by atoms with Crippen LogP contribution in [0.1, 0.15) is 0 Å². The van der Waals surface area contributed by atoms with Gasteiger partial charge in [-0.1, -0.05) is 11.6 Å². The van der Waals surface area contributed by atoms with Gasteiger partial charge in [0.1, 0.15) is 0 Å². The average molecular weight is 358 g/mol. The molecule has 0 aliphatic heterocycles. The summed E-state index contributed by atoms with van der Waals surface area (Å²) in [7, 11) is 0. The Hall–Kier alpha value is -0.140. The predicted molar refractivity (Wildman–Crippen MR) is 78.3 cm³/mol. The standard InChI is InChI=1S/C9H12ClN3S.HI/c10-7-1-3-8(4-2-7)14-6-5-13-9(11)12;/h1-4H,5-6H2,(H4,11,12,13);1H. The third-order valence-corrected chi connectivity index (χ3v) is 2.71. The molecule has 0 atom stereocenters. The predicted octanol–water partition coefficient (Wildman–Crippen LogP) is 2.32. The zero-order chi connectivity index (χ0) is 10.4. The van der Waals surface area contributed by atoms with Gasteiger partial charge in [-0.25, -0.2) is 0 Å². The van der Waals surface area contributed by atoms with E-state index in [-0.39, 0.29) is 29.9 Å². The molecule has 0 bridgehead atoms. The number of halogens is 2. The van der Waals surface area contributed by atoms with Crippen molar-refractivity contribution < 1.29 is 0 Å². The van der Waals surface area contributed by atoms with Gasteiger partial charge in [-0.05, 0) is 24.3 Å². The molecule has 0 saturated carbocycles. The van der Waals surface area contributed by atoms with Crippen molar-refractivity contribution in [3.8, 4) is 0 Å². The summed E-state index contributed by atoms with van der Waals surface area (Å²) in [5.74, 6) is 1.00. The van der Waals surface area contributed by atoms with E-state index in [1.54, 1.807) is 11.8 Å². The lowest BCUT2D eigenvalue weighted by atomic mass is 10.4. The molecular weight excluding hydrogens is 345 g/mol. The Kier molecular flexibility index (Phi) is 7.99. The van der Waals surface area contributed by atoms with Crippen molar-refractivity contribution in [2.24, 2.45) is 16.5 Å². The van der Waals surface area contributed by atoms with Gasteiger partial charge in [-0.3, -0.25) is 4.99 Å². The summed E-state index contributed by atoms with van der Waals surface area (Å²) in [5, 5.41) is 0.749. The third kappa shape index (κ3) is 6.86. The molecule has 0 heterocycles. The van der Waals surface area contributed by atoms with Crippen LogP contribution in [0.25, 0.3) is 0 Å².